The number of aryl methyl sites for hydroxylation is 2. The minimum atomic E-state index is -0.323. The van der Waals surface area contributed by atoms with Crippen LogP contribution in [0.2, 0.25) is 0 Å². The first-order valence-corrected chi connectivity index (χ1v) is 9.85. The van der Waals surface area contributed by atoms with Crippen molar-refractivity contribution in [3.05, 3.63) is 58.7 Å². The van der Waals surface area contributed by atoms with Gasteiger partial charge in [-0.25, -0.2) is 9.50 Å². The number of ether oxygens (including phenoxy) is 2. The Hall–Kier alpha value is -2.84. The van der Waals surface area contributed by atoms with Crippen LogP contribution in [0, 0.1) is 13.8 Å². The molecule has 8 heteroatoms. The molecule has 1 aromatic carbocycles. The maximum absolute atomic E-state index is 12.5. The standard InChI is InChI=1S/C21H25N5O3/c1-14-10-15(2)26-21(23-14)24-19(25-26)20(27)22-12-16-4-3-5-17(11-16)13-29-18-6-8-28-9-7-18/h3-5,10-11,18H,6-9,12-13H2,1-2H3,(H,22,27). The summed E-state index contributed by atoms with van der Waals surface area (Å²) in [6.07, 6.45) is 2.14. The SMILES string of the molecule is Cc1cc(C)n2nc(C(=O)NCc3cccc(COC4CCOCC4)c3)nc2n1. The molecule has 4 rings (SSSR count). The average molecular weight is 395 g/mol. The second kappa shape index (κ2) is 8.67. The Kier molecular flexibility index (Phi) is 5.82. The Morgan fingerprint density at radius 2 is 2.00 bits per heavy atom. The van der Waals surface area contributed by atoms with Crippen molar-refractivity contribution in [2.75, 3.05) is 13.2 Å². The molecule has 1 saturated heterocycles. The normalized spacial score (nSPS) is 15.0. The molecule has 0 spiro atoms. The molecule has 0 saturated carbocycles. The van der Waals surface area contributed by atoms with Gasteiger partial charge in [0.25, 0.3) is 11.7 Å². The van der Waals surface area contributed by atoms with Gasteiger partial charge in [-0.2, -0.15) is 4.98 Å². The van der Waals surface area contributed by atoms with Crippen molar-refractivity contribution in [1.82, 2.24) is 24.9 Å². The van der Waals surface area contributed by atoms with Gasteiger partial charge in [-0.3, -0.25) is 4.79 Å². The zero-order valence-electron chi connectivity index (χ0n) is 16.7. The lowest BCUT2D eigenvalue weighted by Gasteiger charge is -2.22. The number of hydrogen-bond donors (Lipinski definition) is 1. The first kappa shape index (κ1) is 19.5. The molecule has 8 nitrogen and oxygen atoms in total. The second-order valence-electron chi connectivity index (χ2n) is 7.31. The van der Waals surface area contributed by atoms with Gasteiger partial charge >= 0.3 is 0 Å². The number of carbonyl (C=O) groups is 1. The number of aromatic nitrogens is 4. The van der Waals surface area contributed by atoms with Crippen LogP contribution in [-0.2, 0) is 22.6 Å². The Balaban J connectivity index is 1.36. The molecule has 3 heterocycles. The van der Waals surface area contributed by atoms with Crippen LogP contribution in [0.15, 0.2) is 30.3 Å². The van der Waals surface area contributed by atoms with E-state index in [0.29, 0.717) is 18.9 Å². The molecule has 0 unspecified atom stereocenters. The predicted octanol–water partition coefficient (Wildman–Crippen LogP) is 2.37. The Bertz CT molecular complexity index is 1010. The zero-order chi connectivity index (χ0) is 20.2. The third-order valence-electron chi connectivity index (χ3n) is 4.92. The van der Waals surface area contributed by atoms with Crippen molar-refractivity contribution >= 4 is 11.7 Å². The van der Waals surface area contributed by atoms with E-state index in [1.165, 1.54) is 0 Å². The summed E-state index contributed by atoms with van der Waals surface area (Å²) in [4.78, 5) is 21.0. The lowest BCUT2D eigenvalue weighted by atomic mass is 10.1. The number of nitrogens with one attached hydrogen (secondary N) is 1. The van der Waals surface area contributed by atoms with Crippen LogP contribution in [0.1, 0.15) is 46.0 Å². The highest BCUT2D eigenvalue weighted by Gasteiger charge is 2.16. The summed E-state index contributed by atoms with van der Waals surface area (Å²) in [6, 6.07) is 9.93. The summed E-state index contributed by atoms with van der Waals surface area (Å²) >= 11 is 0. The second-order valence-corrected chi connectivity index (χ2v) is 7.31. The van der Waals surface area contributed by atoms with Gasteiger partial charge in [0.2, 0.25) is 5.82 Å². The van der Waals surface area contributed by atoms with E-state index in [0.717, 1.165) is 48.6 Å². The fourth-order valence-electron chi connectivity index (χ4n) is 3.41. The van der Waals surface area contributed by atoms with E-state index in [1.54, 1.807) is 4.52 Å². The van der Waals surface area contributed by atoms with E-state index in [9.17, 15) is 4.79 Å². The van der Waals surface area contributed by atoms with Gasteiger partial charge in [-0.1, -0.05) is 24.3 Å². The molecule has 0 aliphatic carbocycles. The van der Waals surface area contributed by atoms with Gasteiger partial charge in [0.1, 0.15) is 0 Å². The molecule has 1 N–H and O–H groups in total. The summed E-state index contributed by atoms with van der Waals surface area (Å²) in [6.45, 7) is 6.28. The van der Waals surface area contributed by atoms with E-state index in [4.69, 9.17) is 9.47 Å². The molecule has 0 atom stereocenters. The molecule has 1 aliphatic rings. The van der Waals surface area contributed by atoms with E-state index < -0.39 is 0 Å². The van der Waals surface area contributed by atoms with Gasteiger partial charge in [0, 0.05) is 31.1 Å². The van der Waals surface area contributed by atoms with Gasteiger partial charge in [0.05, 0.1) is 12.7 Å². The monoisotopic (exact) mass is 395 g/mol. The van der Waals surface area contributed by atoms with Crippen LogP contribution >= 0.6 is 0 Å². The Labute approximate surface area is 169 Å². The molecular formula is C21H25N5O3. The summed E-state index contributed by atoms with van der Waals surface area (Å²) < 4.78 is 12.9. The van der Waals surface area contributed by atoms with Crippen LogP contribution in [-0.4, -0.2) is 44.8 Å². The van der Waals surface area contributed by atoms with E-state index in [1.807, 2.05) is 44.2 Å². The molecule has 1 fully saturated rings. The molecule has 2 aromatic heterocycles. The largest absolute Gasteiger partial charge is 0.381 e. The molecule has 1 aliphatic heterocycles. The van der Waals surface area contributed by atoms with Gasteiger partial charge in [-0.15, -0.1) is 5.10 Å². The van der Waals surface area contributed by atoms with Crippen molar-refractivity contribution in [1.29, 1.82) is 0 Å². The average Bonchev–Trinajstić information content (AvgIpc) is 3.16. The molecular weight excluding hydrogens is 370 g/mol. The minimum Gasteiger partial charge on any atom is -0.381 e. The van der Waals surface area contributed by atoms with E-state index >= 15 is 0 Å². The van der Waals surface area contributed by atoms with Crippen LogP contribution in [0.25, 0.3) is 5.78 Å². The van der Waals surface area contributed by atoms with Gasteiger partial charge < -0.3 is 14.8 Å². The highest BCUT2D eigenvalue weighted by Crippen LogP contribution is 2.14. The third kappa shape index (κ3) is 4.78. The first-order chi connectivity index (χ1) is 14.1. The summed E-state index contributed by atoms with van der Waals surface area (Å²) in [5.74, 6) is 0.224. The minimum absolute atomic E-state index is 0.116. The van der Waals surface area contributed by atoms with Crippen LogP contribution in [0.5, 0.6) is 0 Å². The Morgan fingerprint density at radius 3 is 2.83 bits per heavy atom. The van der Waals surface area contributed by atoms with Crippen molar-refractivity contribution < 1.29 is 14.3 Å². The molecule has 0 bridgehead atoms. The zero-order valence-corrected chi connectivity index (χ0v) is 16.7. The van der Waals surface area contributed by atoms with E-state index in [2.05, 4.69) is 20.4 Å². The van der Waals surface area contributed by atoms with Crippen molar-refractivity contribution in [2.24, 2.45) is 0 Å². The lowest BCUT2D eigenvalue weighted by molar-refractivity contribution is -0.0390. The number of benzene rings is 1. The highest BCUT2D eigenvalue weighted by molar-refractivity contribution is 5.90. The topological polar surface area (TPSA) is 90.6 Å². The molecule has 0 radical (unpaired) electrons. The molecule has 1 amide bonds. The summed E-state index contributed by atoms with van der Waals surface area (Å²) in [5, 5.41) is 7.15. The number of nitrogens with zero attached hydrogens (tertiary/aromatic N) is 4. The van der Waals surface area contributed by atoms with Crippen molar-refractivity contribution in [2.45, 2.75) is 45.9 Å². The van der Waals surface area contributed by atoms with Crippen LogP contribution < -0.4 is 5.32 Å². The fraction of sp³-hybridized carbons (Fsp3) is 0.429. The number of carbonyl (C=O) groups excluding carboxylic acids is 1. The molecule has 29 heavy (non-hydrogen) atoms. The maximum atomic E-state index is 12.5. The predicted molar refractivity (Wildman–Crippen MR) is 106 cm³/mol. The van der Waals surface area contributed by atoms with Crippen LogP contribution in [0.4, 0.5) is 0 Å². The number of hydrogen-bond acceptors (Lipinski definition) is 6. The molecule has 3 aromatic rings. The fourth-order valence-corrected chi connectivity index (χ4v) is 3.41. The first-order valence-electron chi connectivity index (χ1n) is 9.85. The Morgan fingerprint density at radius 1 is 1.21 bits per heavy atom. The third-order valence-corrected chi connectivity index (χ3v) is 4.92. The van der Waals surface area contributed by atoms with Crippen molar-refractivity contribution in [3.8, 4) is 0 Å². The van der Waals surface area contributed by atoms with E-state index in [-0.39, 0.29) is 17.8 Å². The summed E-state index contributed by atoms with van der Waals surface area (Å²) in [7, 11) is 0. The summed E-state index contributed by atoms with van der Waals surface area (Å²) in [5.41, 5.74) is 3.81. The van der Waals surface area contributed by atoms with Gasteiger partial charge in [-0.05, 0) is 43.9 Å². The number of amides is 1. The highest BCUT2D eigenvalue weighted by atomic mass is 16.5. The molecule has 152 valence electrons. The van der Waals surface area contributed by atoms with Crippen molar-refractivity contribution in [3.63, 3.8) is 0 Å². The smallest absolute Gasteiger partial charge is 0.291 e. The maximum Gasteiger partial charge on any atom is 0.291 e. The number of rotatable bonds is 6. The van der Waals surface area contributed by atoms with Crippen LogP contribution in [0.3, 0.4) is 0 Å². The quantitative estimate of drug-likeness (QED) is 0.689. The van der Waals surface area contributed by atoms with Gasteiger partial charge in [0.15, 0.2) is 0 Å². The lowest BCUT2D eigenvalue weighted by Crippen LogP contribution is -2.24. The number of fused-ring (bicyclic) bond motifs is 1.